The number of carbonyl (C=O) groups is 1. The first-order valence-corrected chi connectivity index (χ1v) is 21.0. The van der Waals surface area contributed by atoms with E-state index < -0.39 is 61.7 Å². The lowest BCUT2D eigenvalue weighted by Crippen LogP contribution is -2.60. The smallest absolute Gasteiger partial charge is 0.220 e. The largest absolute Gasteiger partial charge is 0.497 e. The molecule has 1 aromatic rings. The minimum absolute atomic E-state index is 0.228. The van der Waals surface area contributed by atoms with Crippen LogP contribution in [0, 0.1) is 0 Å². The van der Waals surface area contributed by atoms with E-state index in [0.29, 0.717) is 19.3 Å². The second kappa shape index (κ2) is 29.4. The quantitative estimate of drug-likeness (QED) is 0.0440. The Morgan fingerprint density at radius 3 is 1.78 bits per heavy atom. The van der Waals surface area contributed by atoms with Crippen LogP contribution in [-0.2, 0) is 14.3 Å². The Hall–Kier alpha value is -1.87. The lowest BCUT2D eigenvalue weighted by Gasteiger charge is -2.40. The summed E-state index contributed by atoms with van der Waals surface area (Å²) in [5, 5.41) is 75.4. The minimum atomic E-state index is -1.62. The van der Waals surface area contributed by atoms with Gasteiger partial charge in [-0.15, -0.1) is 0 Å². The predicted molar refractivity (Wildman–Crippen MR) is 209 cm³/mol. The molecule has 2 rings (SSSR count). The molecule has 1 aliphatic rings. The number of carbonyl (C=O) groups excluding carboxylic acids is 1. The van der Waals surface area contributed by atoms with Gasteiger partial charge in [0, 0.05) is 6.42 Å². The molecule has 1 saturated heterocycles. The van der Waals surface area contributed by atoms with Crippen molar-refractivity contribution in [2.45, 2.75) is 203 Å². The molecule has 314 valence electrons. The average molecular weight is 770 g/mol. The van der Waals surface area contributed by atoms with Crippen molar-refractivity contribution in [3.05, 3.63) is 29.8 Å². The van der Waals surface area contributed by atoms with E-state index in [4.69, 9.17) is 14.2 Å². The molecule has 9 atom stereocenters. The van der Waals surface area contributed by atoms with Crippen molar-refractivity contribution in [3.63, 3.8) is 0 Å². The number of hydrogen-bond acceptors (Lipinski definition) is 11. The Labute approximate surface area is 324 Å². The molecule has 1 amide bonds. The van der Waals surface area contributed by atoms with Crippen LogP contribution in [0.1, 0.15) is 160 Å². The van der Waals surface area contributed by atoms with Gasteiger partial charge in [-0.3, -0.25) is 4.79 Å². The van der Waals surface area contributed by atoms with Gasteiger partial charge in [-0.2, -0.15) is 0 Å². The van der Waals surface area contributed by atoms with Gasteiger partial charge in [0.15, 0.2) is 6.29 Å². The number of rotatable bonds is 32. The topological polar surface area (TPSA) is 198 Å². The van der Waals surface area contributed by atoms with Crippen molar-refractivity contribution in [3.8, 4) is 5.75 Å². The fourth-order valence-corrected chi connectivity index (χ4v) is 7.04. The summed E-state index contributed by atoms with van der Waals surface area (Å²) >= 11 is 0. The first kappa shape index (κ1) is 48.3. The second-order valence-electron chi connectivity index (χ2n) is 15.2. The third-order valence-electron chi connectivity index (χ3n) is 10.7. The van der Waals surface area contributed by atoms with Crippen molar-refractivity contribution >= 4 is 5.91 Å². The first-order valence-electron chi connectivity index (χ1n) is 21.0. The van der Waals surface area contributed by atoms with Gasteiger partial charge < -0.3 is 55.3 Å². The number of methoxy groups -OCH3 is 1. The summed E-state index contributed by atoms with van der Waals surface area (Å²) in [5.74, 6) is 0.460. The molecule has 8 N–H and O–H groups in total. The summed E-state index contributed by atoms with van der Waals surface area (Å²) in [6.07, 6.45) is 11.6. The molecular formula is C42H75NO11. The molecule has 1 heterocycles. The molecule has 12 nitrogen and oxygen atoms in total. The van der Waals surface area contributed by atoms with Gasteiger partial charge in [-0.25, -0.2) is 0 Å². The third kappa shape index (κ3) is 19.3. The number of aliphatic hydroxyl groups is 7. The fraction of sp³-hybridized carbons (Fsp3) is 0.833. The van der Waals surface area contributed by atoms with E-state index >= 15 is 0 Å². The van der Waals surface area contributed by atoms with Crippen molar-refractivity contribution < 1.29 is 54.8 Å². The van der Waals surface area contributed by atoms with Crippen LogP contribution >= 0.6 is 0 Å². The highest BCUT2D eigenvalue weighted by atomic mass is 16.7. The SMILES string of the molecule is CCCCCCCCCCCCCC[C@@H](O)[C@@H](O)[C@H](CO[C@H]1OC(CO)[C@H](O)C(O)[C@@H]1O)NC(=O)CCCCCCCCC[C@H](O)c1ccc(OC)cc1. The fourth-order valence-electron chi connectivity index (χ4n) is 7.04. The van der Waals surface area contributed by atoms with Crippen LogP contribution in [0.3, 0.4) is 0 Å². The van der Waals surface area contributed by atoms with E-state index in [1.165, 1.54) is 51.4 Å². The molecule has 54 heavy (non-hydrogen) atoms. The molecule has 0 spiro atoms. The van der Waals surface area contributed by atoms with Crippen LogP contribution in [0.15, 0.2) is 24.3 Å². The Morgan fingerprint density at radius 2 is 1.24 bits per heavy atom. The summed E-state index contributed by atoms with van der Waals surface area (Å²) in [5.41, 5.74) is 0.887. The van der Waals surface area contributed by atoms with Crippen LogP contribution in [-0.4, -0.2) is 111 Å². The van der Waals surface area contributed by atoms with Crippen molar-refractivity contribution in [1.82, 2.24) is 5.32 Å². The zero-order valence-electron chi connectivity index (χ0n) is 33.2. The molecule has 0 saturated carbocycles. The van der Waals surface area contributed by atoms with Gasteiger partial charge in [0.25, 0.3) is 0 Å². The maximum atomic E-state index is 13.0. The Morgan fingerprint density at radius 1 is 0.722 bits per heavy atom. The normalized spacial score (nSPS) is 22.4. The average Bonchev–Trinajstić information content (AvgIpc) is 3.18. The van der Waals surface area contributed by atoms with Crippen LogP contribution in [0.4, 0.5) is 0 Å². The molecule has 12 heteroatoms. The van der Waals surface area contributed by atoms with Crippen molar-refractivity contribution in [2.75, 3.05) is 20.3 Å². The van der Waals surface area contributed by atoms with E-state index in [2.05, 4.69) is 12.2 Å². The number of unbranched alkanes of at least 4 members (excludes halogenated alkanes) is 17. The summed E-state index contributed by atoms with van der Waals surface area (Å²) in [6.45, 7) is 1.28. The highest BCUT2D eigenvalue weighted by molar-refractivity contribution is 5.76. The zero-order valence-corrected chi connectivity index (χ0v) is 33.2. The third-order valence-corrected chi connectivity index (χ3v) is 10.7. The predicted octanol–water partition coefficient (Wildman–Crippen LogP) is 5.35. The summed E-state index contributed by atoms with van der Waals surface area (Å²) in [4.78, 5) is 13.0. The van der Waals surface area contributed by atoms with Crippen LogP contribution in [0.2, 0.25) is 0 Å². The maximum absolute atomic E-state index is 13.0. The number of hydrogen-bond donors (Lipinski definition) is 8. The molecule has 0 aliphatic carbocycles. The van der Waals surface area contributed by atoms with E-state index in [-0.39, 0.29) is 18.9 Å². The van der Waals surface area contributed by atoms with Gasteiger partial charge >= 0.3 is 0 Å². The highest BCUT2D eigenvalue weighted by Gasteiger charge is 2.44. The van der Waals surface area contributed by atoms with Crippen LogP contribution in [0.5, 0.6) is 5.75 Å². The molecular weight excluding hydrogens is 694 g/mol. The number of aliphatic hydroxyl groups excluding tert-OH is 7. The number of amides is 1. The Balaban J connectivity index is 1.73. The summed E-state index contributed by atoms with van der Waals surface area (Å²) in [6, 6.07) is 6.45. The van der Waals surface area contributed by atoms with E-state index in [1.54, 1.807) is 7.11 Å². The Bertz CT molecular complexity index is 1060. The molecule has 2 unspecified atom stereocenters. The molecule has 0 radical (unpaired) electrons. The summed E-state index contributed by atoms with van der Waals surface area (Å²) in [7, 11) is 1.62. The Kier molecular flexibility index (Phi) is 26.3. The van der Waals surface area contributed by atoms with Gasteiger partial charge in [0.1, 0.15) is 36.3 Å². The van der Waals surface area contributed by atoms with Crippen LogP contribution in [0.25, 0.3) is 0 Å². The molecule has 0 bridgehead atoms. The van der Waals surface area contributed by atoms with Gasteiger partial charge in [-0.05, 0) is 37.0 Å². The number of ether oxygens (including phenoxy) is 3. The molecule has 1 fully saturated rings. The second-order valence-corrected chi connectivity index (χ2v) is 15.2. The molecule has 1 aliphatic heterocycles. The molecule has 1 aromatic carbocycles. The van der Waals surface area contributed by atoms with E-state index in [1.807, 2.05) is 24.3 Å². The summed E-state index contributed by atoms with van der Waals surface area (Å²) < 4.78 is 16.3. The van der Waals surface area contributed by atoms with Crippen LogP contribution < -0.4 is 10.1 Å². The number of benzene rings is 1. The standard InChI is InChI=1S/C42H75NO11/c1-3-4-5-6-7-8-9-10-11-13-17-20-23-35(46)38(48)33(30-53-42-41(51)40(50)39(49)36(29-44)54-42)43-37(47)24-21-18-15-12-14-16-19-22-34(45)31-25-27-32(52-2)28-26-31/h25-28,33-36,38-42,44-46,48-51H,3-24,29-30H2,1-2H3,(H,43,47)/t33-,34-,35+,36?,38-,39-,40?,41-,42-/m0/s1. The van der Waals surface area contributed by atoms with Gasteiger partial charge in [0.2, 0.25) is 5.91 Å². The lowest BCUT2D eigenvalue weighted by atomic mass is 9.98. The molecule has 0 aromatic heterocycles. The minimum Gasteiger partial charge on any atom is -0.497 e. The van der Waals surface area contributed by atoms with Gasteiger partial charge in [-0.1, -0.05) is 135 Å². The van der Waals surface area contributed by atoms with Gasteiger partial charge in [0.05, 0.1) is 38.6 Å². The van der Waals surface area contributed by atoms with Crippen molar-refractivity contribution in [1.29, 1.82) is 0 Å². The van der Waals surface area contributed by atoms with E-state index in [0.717, 1.165) is 75.5 Å². The monoisotopic (exact) mass is 770 g/mol. The maximum Gasteiger partial charge on any atom is 0.220 e. The van der Waals surface area contributed by atoms with Crippen molar-refractivity contribution in [2.24, 2.45) is 0 Å². The van der Waals surface area contributed by atoms with E-state index in [9.17, 15) is 40.5 Å². The first-order chi connectivity index (χ1) is 26.1. The number of nitrogens with one attached hydrogen (secondary N) is 1. The lowest BCUT2D eigenvalue weighted by molar-refractivity contribution is -0.303. The zero-order chi connectivity index (χ0) is 39.6. The highest BCUT2D eigenvalue weighted by Crippen LogP contribution is 2.24.